The maximum atomic E-state index is 11.8. The molecule has 1 heterocycles. The minimum Gasteiger partial charge on any atom is -0.319 e. The molecule has 0 radical (unpaired) electrons. The number of Topliss-reactive ketones (excluding diaryl/α,β-unsaturated/α-hetero) is 1. The molecule has 1 fully saturated rings. The molecule has 1 aromatic heterocycles. The second-order valence-electron chi connectivity index (χ2n) is 3.68. The summed E-state index contributed by atoms with van der Waals surface area (Å²) in [6, 6.07) is 1.72. The fourth-order valence-electron chi connectivity index (χ4n) is 1.64. The van der Waals surface area contributed by atoms with Gasteiger partial charge >= 0.3 is 0 Å². The van der Waals surface area contributed by atoms with Gasteiger partial charge in [-0.25, -0.2) is 0 Å². The second kappa shape index (κ2) is 2.67. The van der Waals surface area contributed by atoms with E-state index in [2.05, 4.69) is 5.10 Å². The number of rotatable bonds is 2. The Morgan fingerprint density at radius 3 is 2.77 bits per heavy atom. The number of aryl methyl sites for hydroxylation is 1. The maximum Gasteiger partial charge on any atom is 0.200 e. The third-order valence-corrected chi connectivity index (χ3v) is 2.75. The summed E-state index contributed by atoms with van der Waals surface area (Å²) in [7, 11) is 1.76. The van der Waals surface area contributed by atoms with Crippen molar-refractivity contribution in [3.63, 3.8) is 0 Å². The van der Waals surface area contributed by atoms with E-state index in [1.807, 2.05) is 0 Å². The van der Waals surface area contributed by atoms with Gasteiger partial charge in [0, 0.05) is 13.2 Å². The molecule has 4 nitrogen and oxygen atoms in total. The summed E-state index contributed by atoms with van der Waals surface area (Å²) >= 11 is 0. The molecular weight excluding hydrogens is 166 g/mol. The summed E-state index contributed by atoms with van der Waals surface area (Å²) < 4.78 is 1.58. The molecule has 1 aliphatic rings. The topological polar surface area (TPSA) is 60.9 Å². The van der Waals surface area contributed by atoms with Crippen LogP contribution in [-0.4, -0.2) is 21.1 Å². The molecule has 2 N–H and O–H groups in total. The van der Waals surface area contributed by atoms with Crippen LogP contribution >= 0.6 is 0 Å². The van der Waals surface area contributed by atoms with Crippen LogP contribution in [0.5, 0.6) is 0 Å². The molecule has 1 aliphatic carbocycles. The summed E-state index contributed by atoms with van der Waals surface area (Å²) in [4.78, 5) is 11.8. The van der Waals surface area contributed by atoms with Gasteiger partial charge in [0.05, 0.1) is 5.54 Å². The molecule has 13 heavy (non-hydrogen) atoms. The number of aromatic nitrogens is 2. The molecule has 0 atom stereocenters. The van der Waals surface area contributed by atoms with E-state index in [-0.39, 0.29) is 5.78 Å². The number of ketones is 1. The standard InChI is InChI=1S/C9H13N3O/c1-12-7(3-6-11-12)8(13)9(10)4-2-5-9/h3,6H,2,4-5,10H2,1H3. The first kappa shape index (κ1) is 8.44. The molecule has 0 unspecified atom stereocenters. The minimum absolute atomic E-state index is 0.0266. The van der Waals surface area contributed by atoms with Gasteiger partial charge in [0.2, 0.25) is 5.78 Å². The molecule has 1 saturated carbocycles. The predicted molar refractivity (Wildman–Crippen MR) is 48.3 cm³/mol. The van der Waals surface area contributed by atoms with E-state index < -0.39 is 5.54 Å². The van der Waals surface area contributed by atoms with Gasteiger partial charge in [-0.1, -0.05) is 0 Å². The molecule has 0 aliphatic heterocycles. The molecule has 0 aromatic carbocycles. The van der Waals surface area contributed by atoms with E-state index >= 15 is 0 Å². The van der Waals surface area contributed by atoms with Gasteiger partial charge in [-0.15, -0.1) is 0 Å². The first-order valence-corrected chi connectivity index (χ1v) is 4.45. The van der Waals surface area contributed by atoms with Gasteiger partial charge in [0.1, 0.15) is 5.69 Å². The van der Waals surface area contributed by atoms with Crippen molar-refractivity contribution in [3.8, 4) is 0 Å². The first-order chi connectivity index (χ1) is 6.13. The van der Waals surface area contributed by atoms with Crippen molar-refractivity contribution in [1.29, 1.82) is 0 Å². The molecular formula is C9H13N3O. The molecule has 0 saturated heterocycles. The minimum atomic E-state index is -0.603. The molecule has 0 spiro atoms. The Morgan fingerprint density at radius 2 is 2.38 bits per heavy atom. The largest absolute Gasteiger partial charge is 0.319 e. The zero-order chi connectivity index (χ0) is 9.47. The Balaban J connectivity index is 2.27. The van der Waals surface area contributed by atoms with Crippen molar-refractivity contribution in [1.82, 2.24) is 9.78 Å². The zero-order valence-electron chi connectivity index (χ0n) is 7.66. The van der Waals surface area contributed by atoms with Crippen LogP contribution in [0.1, 0.15) is 29.8 Å². The molecule has 2 rings (SSSR count). The average Bonchev–Trinajstić information content (AvgIpc) is 2.46. The van der Waals surface area contributed by atoms with Crippen LogP contribution in [0.15, 0.2) is 12.3 Å². The van der Waals surface area contributed by atoms with Gasteiger partial charge < -0.3 is 5.73 Å². The SMILES string of the molecule is Cn1nccc1C(=O)C1(N)CCC1. The third-order valence-electron chi connectivity index (χ3n) is 2.75. The van der Waals surface area contributed by atoms with Crippen LogP contribution in [0, 0.1) is 0 Å². The monoisotopic (exact) mass is 179 g/mol. The Kier molecular flexibility index (Phi) is 1.73. The highest BCUT2D eigenvalue weighted by atomic mass is 16.1. The highest BCUT2D eigenvalue weighted by Gasteiger charge is 2.41. The lowest BCUT2D eigenvalue weighted by Crippen LogP contribution is -2.54. The average molecular weight is 179 g/mol. The van der Waals surface area contributed by atoms with Crippen LogP contribution in [-0.2, 0) is 7.05 Å². The summed E-state index contributed by atoms with van der Waals surface area (Å²) in [6.07, 6.45) is 4.28. The number of carbonyl (C=O) groups is 1. The van der Waals surface area contributed by atoms with E-state index in [1.54, 1.807) is 24.0 Å². The van der Waals surface area contributed by atoms with Crippen molar-refractivity contribution in [2.24, 2.45) is 12.8 Å². The lowest BCUT2D eigenvalue weighted by atomic mass is 9.74. The number of hydrogen-bond acceptors (Lipinski definition) is 3. The summed E-state index contributed by atoms with van der Waals surface area (Å²) in [5.41, 5.74) is 5.93. The number of carbonyl (C=O) groups excluding carboxylic acids is 1. The highest BCUT2D eigenvalue weighted by Crippen LogP contribution is 2.32. The van der Waals surface area contributed by atoms with E-state index in [9.17, 15) is 4.79 Å². The molecule has 0 amide bonds. The summed E-state index contributed by atoms with van der Waals surface area (Å²) in [5, 5.41) is 3.95. The van der Waals surface area contributed by atoms with E-state index in [0.29, 0.717) is 5.69 Å². The van der Waals surface area contributed by atoms with Crippen molar-refractivity contribution in [2.45, 2.75) is 24.8 Å². The lowest BCUT2D eigenvalue weighted by Gasteiger charge is -2.36. The Bertz CT molecular complexity index is 338. The van der Waals surface area contributed by atoms with E-state index in [1.165, 1.54) is 0 Å². The van der Waals surface area contributed by atoms with Gasteiger partial charge in [0.15, 0.2) is 0 Å². The summed E-state index contributed by atoms with van der Waals surface area (Å²) in [6.45, 7) is 0. The molecule has 70 valence electrons. The molecule has 1 aromatic rings. The van der Waals surface area contributed by atoms with Crippen molar-refractivity contribution < 1.29 is 4.79 Å². The van der Waals surface area contributed by atoms with Gasteiger partial charge in [-0.3, -0.25) is 9.48 Å². The van der Waals surface area contributed by atoms with Crippen LogP contribution in [0.4, 0.5) is 0 Å². The normalized spacial score (nSPS) is 19.5. The van der Waals surface area contributed by atoms with Crippen LogP contribution < -0.4 is 5.73 Å². The van der Waals surface area contributed by atoms with E-state index in [4.69, 9.17) is 5.73 Å². The predicted octanol–water partition coefficient (Wildman–Crippen LogP) is 0.484. The van der Waals surface area contributed by atoms with E-state index in [0.717, 1.165) is 19.3 Å². The van der Waals surface area contributed by atoms with Gasteiger partial charge in [-0.2, -0.15) is 5.10 Å². The molecule has 4 heteroatoms. The first-order valence-electron chi connectivity index (χ1n) is 4.45. The number of nitrogens with two attached hydrogens (primary N) is 1. The highest BCUT2D eigenvalue weighted by molar-refractivity contribution is 6.02. The smallest absolute Gasteiger partial charge is 0.200 e. The second-order valence-corrected chi connectivity index (χ2v) is 3.68. The van der Waals surface area contributed by atoms with Gasteiger partial charge in [0.25, 0.3) is 0 Å². The van der Waals surface area contributed by atoms with Crippen LogP contribution in [0.3, 0.4) is 0 Å². The maximum absolute atomic E-state index is 11.8. The fraction of sp³-hybridized carbons (Fsp3) is 0.556. The van der Waals surface area contributed by atoms with Crippen molar-refractivity contribution >= 4 is 5.78 Å². The van der Waals surface area contributed by atoms with Crippen molar-refractivity contribution in [2.75, 3.05) is 0 Å². The third kappa shape index (κ3) is 1.18. The Morgan fingerprint density at radius 1 is 1.69 bits per heavy atom. The fourth-order valence-corrected chi connectivity index (χ4v) is 1.64. The number of nitrogens with zero attached hydrogens (tertiary/aromatic N) is 2. The summed E-state index contributed by atoms with van der Waals surface area (Å²) in [5.74, 6) is 0.0266. The van der Waals surface area contributed by atoms with Crippen LogP contribution in [0.2, 0.25) is 0 Å². The quantitative estimate of drug-likeness (QED) is 0.672. The zero-order valence-corrected chi connectivity index (χ0v) is 7.66. The number of hydrogen-bond donors (Lipinski definition) is 1. The lowest BCUT2D eigenvalue weighted by molar-refractivity contribution is 0.0790. The molecule has 0 bridgehead atoms. The van der Waals surface area contributed by atoms with Crippen molar-refractivity contribution in [3.05, 3.63) is 18.0 Å². The van der Waals surface area contributed by atoms with Gasteiger partial charge in [-0.05, 0) is 25.3 Å². The van der Waals surface area contributed by atoms with Crippen LogP contribution in [0.25, 0.3) is 0 Å². The Hall–Kier alpha value is -1.16. The Labute approximate surface area is 76.7 Å².